The van der Waals surface area contributed by atoms with Gasteiger partial charge in [-0.15, -0.1) is 0 Å². The average molecular weight is 248 g/mol. The van der Waals surface area contributed by atoms with Crippen molar-refractivity contribution in [3.8, 4) is 11.1 Å². The molecule has 1 N–H and O–H groups in total. The summed E-state index contributed by atoms with van der Waals surface area (Å²) >= 11 is 0. The summed E-state index contributed by atoms with van der Waals surface area (Å²) in [7, 11) is 0. The van der Waals surface area contributed by atoms with Crippen LogP contribution in [0.3, 0.4) is 0 Å². The molecule has 19 heavy (non-hydrogen) atoms. The van der Waals surface area contributed by atoms with Gasteiger partial charge in [0.25, 0.3) is 0 Å². The number of hydrogen-bond donors (Lipinski definition) is 1. The largest absolute Gasteiger partial charge is 0.443 e. The maximum atomic E-state index is 5.28. The summed E-state index contributed by atoms with van der Waals surface area (Å²) in [5.74, 6) is 0. The van der Waals surface area contributed by atoms with Crippen molar-refractivity contribution in [2.75, 3.05) is 0 Å². The lowest BCUT2D eigenvalue weighted by Gasteiger charge is -2.00. The molecule has 0 saturated heterocycles. The molecule has 0 amide bonds. The summed E-state index contributed by atoms with van der Waals surface area (Å²) in [6, 6.07) is 12.4. The lowest BCUT2D eigenvalue weighted by Crippen LogP contribution is -1.77. The molecule has 0 bridgehead atoms. The van der Waals surface area contributed by atoms with Crippen LogP contribution < -0.4 is 0 Å². The van der Waals surface area contributed by atoms with Crippen LogP contribution in [0.1, 0.15) is 5.56 Å². The Morgan fingerprint density at radius 2 is 2.11 bits per heavy atom. The predicted molar refractivity (Wildman–Crippen MR) is 76.0 cm³/mol. The highest BCUT2D eigenvalue weighted by Gasteiger charge is 2.08. The van der Waals surface area contributed by atoms with Gasteiger partial charge in [0.1, 0.15) is 5.52 Å². The molecule has 0 spiro atoms. The third-order valence-electron chi connectivity index (χ3n) is 3.57. The Morgan fingerprint density at radius 1 is 1.16 bits per heavy atom. The summed E-state index contributed by atoms with van der Waals surface area (Å²) < 4.78 is 5.28. The van der Waals surface area contributed by atoms with Crippen LogP contribution in [-0.2, 0) is 0 Å². The van der Waals surface area contributed by atoms with E-state index in [2.05, 4.69) is 53.4 Å². The quantitative estimate of drug-likeness (QED) is 0.546. The predicted octanol–water partition coefficient (Wildman–Crippen LogP) is 4.28. The Morgan fingerprint density at radius 3 is 3.05 bits per heavy atom. The monoisotopic (exact) mass is 248 g/mol. The minimum absolute atomic E-state index is 0.819. The van der Waals surface area contributed by atoms with Gasteiger partial charge in [0.15, 0.2) is 12.0 Å². The Hall–Kier alpha value is -2.55. The van der Waals surface area contributed by atoms with E-state index in [1.54, 1.807) is 0 Å². The fraction of sp³-hybridized carbons (Fsp3) is 0.0625. The lowest BCUT2D eigenvalue weighted by molar-refractivity contribution is 0.602. The van der Waals surface area contributed by atoms with Gasteiger partial charge in [-0.1, -0.05) is 24.3 Å². The molecule has 3 nitrogen and oxygen atoms in total. The van der Waals surface area contributed by atoms with Gasteiger partial charge >= 0.3 is 0 Å². The third kappa shape index (κ3) is 1.48. The molecule has 0 unspecified atom stereocenters. The van der Waals surface area contributed by atoms with E-state index >= 15 is 0 Å². The highest BCUT2D eigenvalue weighted by molar-refractivity contribution is 5.98. The maximum absolute atomic E-state index is 5.28. The molecule has 0 atom stereocenters. The van der Waals surface area contributed by atoms with Gasteiger partial charge in [-0.2, -0.15) is 0 Å². The molecule has 0 radical (unpaired) electrons. The van der Waals surface area contributed by atoms with Crippen LogP contribution in [0.2, 0.25) is 0 Å². The first kappa shape index (κ1) is 10.4. The Balaban J connectivity index is 2.00. The second kappa shape index (κ2) is 3.72. The summed E-state index contributed by atoms with van der Waals surface area (Å²) in [6.07, 6.45) is 3.53. The zero-order valence-corrected chi connectivity index (χ0v) is 10.5. The zero-order chi connectivity index (χ0) is 12.8. The van der Waals surface area contributed by atoms with Crippen LogP contribution in [0, 0.1) is 6.92 Å². The highest BCUT2D eigenvalue weighted by atomic mass is 16.3. The molecule has 2 aromatic heterocycles. The van der Waals surface area contributed by atoms with Gasteiger partial charge in [0.05, 0.1) is 0 Å². The SMILES string of the molecule is Cc1cccc2c(-c3ccc4ocnc4c3)c[nH]c12. The molecule has 0 aliphatic rings. The van der Waals surface area contributed by atoms with Crippen molar-refractivity contribution in [2.24, 2.45) is 0 Å². The summed E-state index contributed by atoms with van der Waals surface area (Å²) in [4.78, 5) is 7.56. The molecule has 0 saturated carbocycles. The van der Waals surface area contributed by atoms with Crippen molar-refractivity contribution < 1.29 is 4.42 Å². The number of nitrogens with one attached hydrogen (secondary N) is 1. The first-order chi connectivity index (χ1) is 9.33. The molecular weight excluding hydrogens is 236 g/mol. The van der Waals surface area contributed by atoms with Crippen LogP contribution in [-0.4, -0.2) is 9.97 Å². The van der Waals surface area contributed by atoms with Crippen molar-refractivity contribution in [3.63, 3.8) is 0 Å². The molecule has 2 heterocycles. The van der Waals surface area contributed by atoms with Crippen molar-refractivity contribution in [1.29, 1.82) is 0 Å². The van der Waals surface area contributed by atoms with Crippen LogP contribution in [0.4, 0.5) is 0 Å². The summed E-state index contributed by atoms with van der Waals surface area (Å²) in [5, 5.41) is 1.24. The standard InChI is InChI=1S/C16H12N2O/c1-10-3-2-4-12-13(8-17-16(10)12)11-5-6-15-14(7-11)18-9-19-15/h2-9,17H,1H3. The number of benzene rings is 2. The van der Waals surface area contributed by atoms with E-state index in [0.29, 0.717) is 0 Å². The molecule has 0 aliphatic carbocycles. The van der Waals surface area contributed by atoms with E-state index in [1.165, 1.54) is 28.4 Å². The van der Waals surface area contributed by atoms with E-state index in [1.807, 2.05) is 6.07 Å². The van der Waals surface area contributed by atoms with Gasteiger partial charge < -0.3 is 9.40 Å². The van der Waals surface area contributed by atoms with E-state index in [0.717, 1.165) is 16.7 Å². The zero-order valence-electron chi connectivity index (χ0n) is 10.5. The van der Waals surface area contributed by atoms with E-state index in [9.17, 15) is 0 Å². The topological polar surface area (TPSA) is 41.8 Å². The number of aromatic nitrogens is 2. The number of fused-ring (bicyclic) bond motifs is 2. The number of H-pyrrole nitrogens is 1. The van der Waals surface area contributed by atoms with E-state index < -0.39 is 0 Å². The third-order valence-corrected chi connectivity index (χ3v) is 3.57. The van der Waals surface area contributed by atoms with Gasteiger partial charge in [0.2, 0.25) is 0 Å². The highest BCUT2D eigenvalue weighted by Crippen LogP contribution is 2.31. The number of oxazole rings is 1. The van der Waals surface area contributed by atoms with Gasteiger partial charge in [0, 0.05) is 22.7 Å². The smallest absolute Gasteiger partial charge is 0.181 e. The van der Waals surface area contributed by atoms with Crippen LogP contribution in [0.5, 0.6) is 0 Å². The first-order valence-electron chi connectivity index (χ1n) is 6.23. The van der Waals surface area contributed by atoms with Crippen LogP contribution >= 0.6 is 0 Å². The maximum Gasteiger partial charge on any atom is 0.181 e. The number of aryl methyl sites for hydroxylation is 1. The van der Waals surface area contributed by atoms with Crippen LogP contribution in [0.25, 0.3) is 33.1 Å². The Labute approximate surface area is 109 Å². The minimum atomic E-state index is 0.819. The van der Waals surface area contributed by atoms with Crippen molar-refractivity contribution >= 4 is 22.0 Å². The summed E-state index contributed by atoms with van der Waals surface area (Å²) in [5.41, 5.74) is 6.50. The number of nitrogens with zero attached hydrogens (tertiary/aromatic N) is 1. The molecule has 0 aliphatic heterocycles. The lowest BCUT2D eigenvalue weighted by atomic mass is 10.0. The second-order valence-electron chi connectivity index (χ2n) is 4.73. The Kier molecular flexibility index (Phi) is 2.03. The Bertz CT molecular complexity index is 886. The minimum Gasteiger partial charge on any atom is -0.443 e. The molecule has 92 valence electrons. The fourth-order valence-electron chi connectivity index (χ4n) is 2.57. The second-order valence-corrected chi connectivity index (χ2v) is 4.73. The van der Waals surface area contributed by atoms with E-state index in [4.69, 9.17) is 4.42 Å². The van der Waals surface area contributed by atoms with Gasteiger partial charge in [-0.3, -0.25) is 0 Å². The van der Waals surface area contributed by atoms with Gasteiger partial charge in [-0.25, -0.2) is 4.98 Å². The molecule has 3 heteroatoms. The normalized spacial score (nSPS) is 11.4. The molecule has 4 aromatic rings. The number of hydrogen-bond acceptors (Lipinski definition) is 2. The number of rotatable bonds is 1. The average Bonchev–Trinajstić information content (AvgIpc) is 3.04. The van der Waals surface area contributed by atoms with Crippen LogP contribution in [0.15, 0.2) is 53.4 Å². The number of para-hydroxylation sites is 1. The molecule has 4 rings (SSSR count). The summed E-state index contributed by atoms with van der Waals surface area (Å²) in [6.45, 7) is 2.11. The van der Waals surface area contributed by atoms with E-state index in [-0.39, 0.29) is 0 Å². The number of aromatic amines is 1. The van der Waals surface area contributed by atoms with Crippen molar-refractivity contribution in [3.05, 3.63) is 54.6 Å². The van der Waals surface area contributed by atoms with Crippen molar-refractivity contribution in [1.82, 2.24) is 9.97 Å². The first-order valence-corrected chi connectivity index (χ1v) is 6.23. The van der Waals surface area contributed by atoms with Gasteiger partial charge in [-0.05, 0) is 30.2 Å². The fourth-order valence-corrected chi connectivity index (χ4v) is 2.57. The van der Waals surface area contributed by atoms with Crippen molar-refractivity contribution in [2.45, 2.75) is 6.92 Å². The molecule has 2 aromatic carbocycles. The molecule has 0 fully saturated rings. The molecular formula is C16H12N2O.